The Kier molecular flexibility index (Phi) is 2.47. The molecular weight excluding hydrogens is 228 g/mol. The molecule has 86 valence electrons. The van der Waals surface area contributed by atoms with Gasteiger partial charge in [0.1, 0.15) is 0 Å². The maximum absolute atomic E-state index is 11.6. The molecule has 0 aliphatic carbocycles. The minimum atomic E-state index is -3.75. The molecule has 0 saturated carbocycles. The summed E-state index contributed by atoms with van der Waals surface area (Å²) in [6.45, 7) is 1.95. The molecule has 0 aromatic heterocycles. The van der Waals surface area contributed by atoms with Crippen molar-refractivity contribution in [1.82, 2.24) is 5.32 Å². The van der Waals surface area contributed by atoms with Crippen molar-refractivity contribution in [3.05, 3.63) is 29.3 Å². The predicted molar refractivity (Wildman–Crippen MR) is 58.3 cm³/mol. The van der Waals surface area contributed by atoms with Gasteiger partial charge in [-0.1, -0.05) is 13.0 Å². The molecule has 5 nitrogen and oxygen atoms in total. The van der Waals surface area contributed by atoms with Crippen LogP contribution in [0.15, 0.2) is 23.1 Å². The molecule has 1 heterocycles. The van der Waals surface area contributed by atoms with E-state index >= 15 is 0 Å². The topological polar surface area (TPSA) is 89.3 Å². The summed E-state index contributed by atoms with van der Waals surface area (Å²) in [4.78, 5) is 11.5. The standard InChI is InChI=1S/C10H12N2O3S/c1-2-9-7-4-3-6(16(11,14)15)5-8(7)10(13)12-9/h3-5,9H,2H2,1H3,(H,12,13)(H2,11,14,15). The highest BCUT2D eigenvalue weighted by Crippen LogP contribution is 2.29. The second-order valence-corrected chi connectivity index (χ2v) is 5.29. The summed E-state index contributed by atoms with van der Waals surface area (Å²) in [5.74, 6) is -0.243. The third-order valence-corrected chi connectivity index (χ3v) is 3.60. The van der Waals surface area contributed by atoms with Crippen molar-refractivity contribution in [3.63, 3.8) is 0 Å². The highest BCUT2D eigenvalue weighted by Gasteiger charge is 2.28. The van der Waals surface area contributed by atoms with Gasteiger partial charge in [0.05, 0.1) is 10.9 Å². The predicted octanol–water partition coefficient (Wildman–Crippen LogP) is 0.529. The summed E-state index contributed by atoms with van der Waals surface area (Å²) >= 11 is 0. The molecule has 1 aliphatic heterocycles. The minimum absolute atomic E-state index is 0.0295. The van der Waals surface area contributed by atoms with Gasteiger partial charge in [0.2, 0.25) is 10.0 Å². The Morgan fingerprint density at radius 3 is 2.69 bits per heavy atom. The Morgan fingerprint density at radius 2 is 2.12 bits per heavy atom. The normalized spacial score (nSPS) is 19.4. The zero-order valence-electron chi connectivity index (χ0n) is 8.73. The van der Waals surface area contributed by atoms with E-state index in [2.05, 4.69) is 5.32 Å². The molecule has 6 heteroatoms. The molecule has 1 atom stereocenters. The smallest absolute Gasteiger partial charge is 0.252 e. The van der Waals surface area contributed by atoms with Gasteiger partial charge in [-0.05, 0) is 24.1 Å². The number of carbonyl (C=O) groups is 1. The molecule has 0 spiro atoms. The Balaban J connectivity index is 2.57. The molecule has 1 unspecified atom stereocenters. The monoisotopic (exact) mass is 240 g/mol. The molecule has 3 N–H and O–H groups in total. The van der Waals surface area contributed by atoms with Crippen molar-refractivity contribution >= 4 is 15.9 Å². The van der Waals surface area contributed by atoms with Crippen LogP contribution >= 0.6 is 0 Å². The number of hydrogen-bond acceptors (Lipinski definition) is 3. The number of primary sulfonamides is 1. The minimum Gasteiger partial charge on any atom is -0.345 e. The van der Waals surface area contributed by atoms with Crippen LogP contribution in [0.1, 0.15) is 35.3 Å². The second-order valence-electron chi connectivity index (χ2n) is 3.73. The summed E-state index contributed by atoms with van der Waals surface area (Å²) < 4.78 is 22.3. The average molecular weight is 240 g/mol. The Labute approximate surface area is 93.7 Å². The first-order chi connectivity index (χ1) is 7.43. The van der Waals surface area contributed by atoms with E-state index in [4.69, 9.17) is 5.14 Å². The summed E-state index contributed by atoms with van der Waals surface area (Å²) in [5, 5.41) is 7.78. The summed E-state index contributed by atoms with van der Waals surface area (Å²) in [6.07, 6.45) is 0.771. The molecular formula is C10H12N2O3S. The lowest BCUT2D eigenvalue weighted by Crippen LogP contribution is -2.18. The lowest BCUT2D eigenvalue weighted by atomic mass is 10.0. The molecule has 0 fully saturated rings. The van der Waals surface area contributed by atoms with Crippen molar-refractivity contribution in [3.8, 4) is 0 Å². The number of nitrogens with one attached hydrogen (secondary N) is 1. The van der Waals surface area contributed by atoms with Crippen LogP contribution in [0.25, 0.3) is 0 Å². The van der Waals surface area contributed by atoms with E-state index in [9.17, 15) is 13.2 Å². The first-order valence-corrected chi connectivity index (χ1v) is 6.45. The molecule has 0 radical (unpaired) electrons. The molecule has 1 aromatic carbocycles. The SMILES string of the molecule is CCC1NC(=O)c2cc(S(N)(=O)=O)ccc21. The number of benzene rings is 1. The van der Waals surface area contributed by atoms with Crippen LogP contribution in [0.5, 0.6) is 0 Å². The van der Waals surface area contributed by atoms with Crippen LogP contribution in [0.4, 0.5) is 0 Å². The Bertz CT molecular complexity index is 551. The van der Waals surface area contributed by atoms with Gasteiger partial charge in [0, 0.05) is 5.56 Å². The number of amides is 1. The molecule has 0 saturated heterocycles. The fraction of sp³-hybridized carbons (Fsp3) is 0.300. The molecule has 16 heavy (non-hydrogen) atoms. The first kappa shape index (κ1) is 11.1. The van der Waals surface area contributed by atoms with Crippen LogP contribution < -0.4 is 10.5 Å². The van der Waals surface area contributed by atoms with Crippen LogP contribution in [-0.4, -0.2) is 14.3 Å². The molecule has 1 aromatic rings. The van der Waals surface area contributed by atoms with Crippen LogP contribution in [0.2, 0.25) is 0 Å². The van der Waals surface area contributed by atoms with Gasteiger partial charge in [-0.2, -0.15) is 0 Å². The van der Waals surface area contributed by atoms with Crippen LogP contribution in [0.3, 0.4) is 0 Å². The Hall–Kier alpha value is -1.40. The van der Waals surface area contributed by atoms with Gasteiger partial charge in [0.15, 0.2) is 0 Å². The highest BCUT2D eigenvalue weighted by atomic mass is 32.2. The summed E-state index contributed by atoms with van der Waals surface area (Å²) in [6, 6.07) is 4.37. The fourth-order valence-corrected chi connectivity index (χ4v) is 2.39. The first-order valence-electron chi connectivity index (χ1n) is 4.91. The van der Waals surface area contributed by atoms with E-state index in [0.29, 0.717) is 5.56 Å². The Morgan fingerprint density at radius 1 is 1.44 bits per heavy atom. The van der Waals surface area contributed by atoms with E-state index in [1.54, 1.807) is 6.07 Å². The van der Waals surface area contributed by atoms with Gasteiger partial charge >= 0.3 is 0 Å². The van der Waals surface area contributed by atoms with E-state index in [0.717, 1.165) is 12.0 Å². The third kappa shape index (κ3) is 1.70. The largest absolute Gasteiger partial charge is 0.345 e. The summed E-state index contributed by atoms with van der Waals surface area (Å²) in [5.41, 5.74) is 1.23. The van der Waals surface area contributed by atoms with Crippen molar-refractivity contribution in [2.45, 2.75) is 24.3 Å². The van der Waals surface area contributed by atoms with Crippen LogP contribution in [0, 0.1) is 0 Å². The van der Waals surface area contributed by atoms with Gasteiger partial charge in [0.25, 0.3) is 5.91 Å². The van der Waals surface area contributed by atoms with Crippen molar-refractivity contribution in [2.75, 3.05) is 0 Å². The van der Waals surface area contributed by atoms with Crippen LogP contribution in [-0.2, 0) is 10.0 Å². The van der Waals surface area contributed by atoms with E-state index < -0.39 is 10.0 Å². The lowest BCUT2D eigenvalue weighted by Gasteiger charge is -2.07. The number of rotatable bonds is 2. The van der Waals surface area contributed by atoms with Crippen molar-refractivity contribution in [1.29, 1.82) is 0 Å². The summed E-state index contributed by atoms with van der Waals surface area (Å²) in [7, 11) is -3.75. The van der Waals surface area contributed by atoms with Gasteiger partial charge < -0.3 is 5.32 Å². The van der Waals surface area contributed by atoms with Gasteiger partial charge in [-0.15, -0.1) is 0 Å². The maximum Gasteiger partial charge on any atom is 0.252 e. The van der Waals surface area contributed by atoms with Crippen molar-refractivity contribution in [2.24, 2.45) is 5.14 Å². The van der Waals surface area contributed by atoms with Gasteiger partial charge in [-0.25, -0.2) is 13.6 Å². The van der Waals surface area contributed by atoms with Crippen molar-refractivity contribution < 1.29 is 13.2 Å². The quantitative estimate of drug-likeness (QED) is 0.790. The number of sulfonamides is 1. The number of nitrogens with two attached hydrogens (primary N) is 1. The third-order valence-electron chi connectivity index (χ3n) is 2.69. The fourth-order valence-electron chi connectivity index (χ4n) is 1.85. The van der Waals surface area contributed by atoms with E-state index in [-0.39, 0.29) is 16.8 Å². The maximum atomic E-state index is 11.6. The molecule has 1 amide bonds. The zero-order chi connectivity index (χ0) is 11.9. The second kappa shape index (κ2) is 3.57. The van der Waals surface area contributed by atoms with E-state index in [1.165, 1.54) is 12.1 Å². The van der Waals surface area contributed by atoms with Gasteiger partial charge in [-0.3, -0.25) is 4.79 Å². The molecule has 0 bridgehead atoms. The zero-order valence-corrected chi connectivity index (χ0v) is 9.54. The highest BCUT2D eigenvalue weighted by molar-refractivity contribution is 7.89. The number of fused-ring (bicyclic) bond motifs is 1. The number of carbonyl (C=O) groups excluding carboxylic acids is 1. The number of hydrogen-bond donors (Lipinski definition) is 2. The van der Waals surface area contributed by atoms with E-state index in [1.807, 2.05) is 6.92 Å². The average Bonchev–Trinajstić information content (AvgIpc) is 2.54. The molecule has 1 aliphatic rings. The lowest BCUT2D eigenvalue weighted by molar-refractivity contribution is 0.0955. The molecule has 2 rings (SSSR count).